The normalized spacial score (nSPS) is 11.4. The second-order valence-electron chi connectivity index (χ2n) is 5.94. The number of H-pyrrole nitrogens is 1. The predicted molar refractivity (Wildman–Crippen MR) is 97.1 cm³/mol. The van der Waals surface area contributed by atoms with E-state index in [9.17, 15) is 0 Å². The Labute approximate surface area is 143 Å². The van der Waals surface area contributed by atoms with Gasteiger partial charge >= 0.3 is 0 Å². The van der Waals surface area contributed by atoms with Gasteiger partial charge < -0.3 is 9.40 Å². The number of rotatable bonds is 2. The molecular formula is C20H14N4O. The maximum atomic E-state index is 5.46. The Morgan fingerprint density at radius 1 is 1.00 bits per heavy atom. The number of nitrogens with zero attached hydrogens (tertiary/aromatic N) is 3. The summed E-state index contributed by atoms with van der Waals surface area (Å²) in [5.41, 5.74) is 5.77. The van der Waals surface area contributed by atoms with Crippen LogP contribution in [0, 0.1) is 6.92 Å². The number of nitrogens with one attached hydrogen (secondary N) is 1. The zero-order valence-electron chi connectivity index (χ0n) is 13.5. The highest BCUT2D eigenvalue weighted by Gasteiger charge is 2.15. The number of furan rings is 1. The van der Waals surface area contributed by atoms with Gasteiger partial charge in [-0.3, -0.25) is 4.98 Å². The lowest BCUT2D eigenvalue weighted by molar-refractivity contribution is 0.535. The summed E-state index contributed by atoms with van der Waals surface area (Å²) in [6.07, 6.45) is 9.11. The zero-order chi connectivity index (χ0) is 16.8. The average molecular weight is 326 g/mol. The Kier molecular flexibility index (Phi) is 2.94. The van der Waals surface area contributed by atoms with Crippen LogP contribution in [0.5, 0.6) is 0 Å². The van der Waals surface area contributed by atoms with E-state index in [1.807, 2.05) is 43.7 Å². The molecular weight excluding hydrogens is 312 g/mol. The maximum Gasteiger partial charge on any atom is 0.160 e. The zero-order valence-corrected chi connectivity index (χ0v) is 13.5. The lowest BCUT2D eigenvalue weighted by atomic mass is 10.00. The van der Waals surface area contributed by atoms with E-state index < -0.39 is 0 Å². The Morgan fingerprint density at radius 3 is 2.84 bits per heavy atom. The van der Waals surface area contributed by atoms with Crippen LogP contribution in [0.15, 0.2) is 65.8 Å². The third-order valence-electron chi connectivity index (χ3n) is 4.49. The van der Waals surface area contributed by atoms with E-state index in [0.717, 1.165) is 50.1 Å². The summed E-state index contributed by atoms with van der Waals surface area (Å²) in [4.78, 5) is 16.7. The highest BCUT2D eigenvalue weighted by atomic mass is 16.3. The van der Waals surface area contributed by atoms with Gasteiger partial charge in [0, 0.05) is 40.5 Å². The van der Waals surface area contributed by atoms with Crippen LogP contribution in [0.25, 0.3) is 44.3 Å². The van der Waals surface area contributed by atoms with Crippen molar-refractivity contribution in [3.63, 3.8) is 0 Å². The van der Waals surface area contributed by atoms with Gasteiger partial charge in [-0.1, -0.05) is 0 Å². The standard InChI is InChI=1S/C20H14N4O/c1-12-13(5-8-25-12)18-9-16(15-3-2-6-22-20(15)24-18)17-10-23-19-11-21-7-4-14(17)19/h2-11,23H,1H3. The summed E-state index contributed by atoms with van der Waals surface area (Å²) >= 11 is 0. The molecule has 0 spiro atoms. The smallest absolute Gasteiger partial charge is 0.160 e. The van der Waals surface area contributed by atoms with Crippen LogP contribution in [0.4, 0.5) is 0 Å². The molecule has 0 atom stereocenters. The number of aromatic amines is 1. The minimum Gasteiger partial charge on any atom is -0.469 e. The minimum absolute atomic E-state index is 0.721. The van der Waals surface area contributed by atoms with E-state index in [4.69, 9.17) is 9.40 Å². The number of aromatic nitrogens is 4. The first kappa shape index (κ1) is 13.9. The van der Waals surface area contributed by atoms with E-state index in [1.165, 1.54) is 0 Å². The van der Waals surface area contributed by atoms with Crippen molar-refractivity contribution in [1.82, 2.24) is 19.9 Å². The van der Waals surface area contributed by atoms with Crippen molar-refractivity contribution in [2.24, 2.45) is 0 Å². The fourth-order valence-electron chi connectivity index (χ4n) is 3.26. The van der Waals surface area contributed by atoms with E-state index in [1.54, 1.807) is 12.5 Å². The molecule has 1 N–H and O–H groups in total. The Hall–Kier alpha value is -3.47. The summed E-state index contributed by atoms with van der Waals surface area (Å²) < 4.78 is 5.46. The molecule has 5 aromatic rings. The molecule has 5 rings (SSSR count). The summed E-state index contributed by atoms with van der Waals surface area (Å²) in [6, 6.07) is 10.1. The van der Waals surface area contributed by atoms with Crippen molar-refractivity contribution in [2.75, 3.05) is 0 Å². The quantitative estimate of drug-likeness (QED) is 0.509. The highest BCUT2D eigenvalue weighted by molar-refractivity contribution is 6.04. The number of hydrogen-bond donors (Lipinski definition) is 1. The van der Waals surface area contributed by atoms with Crippen molar-refractivity contribution in [2.45, 2.75) is 6.92 Å². The van der Waals surface area contributed by atoms with Gasteiger partial charge in [0.1, 0.15) is 5.76 Å². The summed E-state index contributed by atoms with van der Waals surface area (Å²) in [6.45, 7) is 1.94. The van der Waals surface area contributed by atoms with Crippen molar-refractivity contribution in [3.05, 3.63) is 67.1 Å². The van der Waals surface area contributed by atoms with Crippen LogP contribution in [0.2, 0.25) is 0 Å². The molecule has 0 fully saturated rings. The largest absolute Gasteiger partial charge is 0.469 e. The Balaban J connectivity index is 1.86. The molecule has 5 aromatic heterocycles. The molecule has 5 nitrogen and oxygen atoms in total. The van der Waals surface area contributed by atoms with Crippen molar-refractivity contribution < 1.29 is 4.42 Å². The van der Waals surface area contributed by atoms with Gasteiger partial charge in [-0.15, -0.1) is 0 Å². The van der Waals surface area contributed by atoms with E-state index >= 15 is 0 Å². The van der Waals surface area contributed by atoms with Gasteiger partial charge in [-0.2, -0.15) is 0 Å². The molecule has 0 saturated heterocycles. The average Bonchev–Trinajstić information content (AvgIpc) is 3.27. The Morgan fingerprint density at radius 2 is 1.96 bits per heavy atom. The fourth-order valence-corrected chi connectivity index (χ4v) is 3.26. The highest BCUT2D eigenvalue weighted by Crippen LogP contribution is 2.35. The number of pyridine rings is 3. The first-order chi connectivity index (χ1) is 12.3. The molecule has 0 amide bonds. The Bertz CT molecular complexity index is 1220. The van der Waals surface area contributed by atoms with Crippen LogP contribution in [-0.2, 0) is 0 Å². The third-order valence-corrected chi connectivity index (χ3v) is 4.49. The molecule has 0 saturated carbocycles. The van der Waals surface area contributed by atoms with Gasteiger partial charge in [0.15, 0.2) is 5.65 Å². The van der Waals surface area contributed by atoms with Crippen molar-refractivity contribution >= 4 is 21.9 Å². The van der Waals surface area contributed by atoms with Crippen molar-refractivity contribution in [1.29, 1.82) is 0 Å². The summed E-state index contributed by atoms with van der Waals surface area (Å²) in [5, 5.41) is 2.14. The summed E-state index contributed by atoms with van der Waals surface area (Å²) in [7, 11) is 0. The molecule has 0 bridgehead atoms. The number of aryl methyl sites for hydroxylation is 1. The first-order valence-electron chi connectivity index (χ1n) is 8.03. The second kappa shape index (κ2) is 5.27. The van der Waals surface area contributed by atoms with Gasteiger partial charge in [-0.05, 0) is 42.8 Å². The molecule has 5 heteroatoms. The molecule has 0 aromatic carbocycles. The molecule has 0 unspecified atom stereocenters. The molecule has 25 heavy (non-hydrogen) atoms. The lowest BCUT2D eigenvalue weighted by Crippen LogP contribution is -1.91. The van der Waals surface area contributed by atoms with Gasteiger partial charge in [-0.25, -0.2) is 9.97 Å². The molecule has 5 heterocycles. The fraction of sp³-hybridized carbons (Fsp3) is 0.0500. The predicted octanol–water partition coefficient (Wildman–Crippen LogP) is 4.74. The molecule has 0 radical (unpaired) electrons. The number of fused-ring (bicyclic) bond motifs is 2. The monoisotopic (exact) mass is 326 g/mol. The van der Waals surface area contributed by atoms with Crippen LogP contribution < -0.4 is 0 Å². The minimum atomic E-state index is 0.721. The van der Waals surface area contributed by atoms with E-state index in [0.29, 0.717) is 0 Å². The molecule has 0 aliphatic carbocycles. The molecule has 0 aliphatic heterocycles. The molecule has 0 aliphatic rings. The van der Waals surface area contributed by atoms with Crippen LogP contribution >= 0.6 is 0 Å². The van der Waals surface area contributed by atoms with Crippen LogP contribution in [0.1, 0.15) is 5.76 Å². The van der Waals surface area contributed by atoms with E-state index in [2.05, 4.69) is 27.1 Å². The SMILES string of the molecule is Cc1occc1-c1cc(-c2c[nH]c3cnccc23)c2cccnc2n1. The van der Waals surface area contributed by atoms with Crippen LogP contribution in [-0.4, -0.2) is 19.9 Å². The lowest BCUT2D eigenvalue weighted by Gasteiger charge is -2.08. The molecule has 120 valence electrons. The van der Waals surface area contributed by atoms with Crippen molar-refractivity contribution in [3.8, 4) is 22.4 Å². The topological polar surface area (TPSA) is 67.6 Å². The van der Waals surface area contributed by atoms with Gasteiger partial charge in [0.25, 0.3) is 0 Å². The first-order valence-corrected chi connectivity index (χ1v) is 8.03. The second-order valence-corrected chi connectivity index (χ2v) is 5.94. The van der Waals surface area contributed by atoms with Gasteiger partial charge in [0.2, 0.25) is 0 Å². The summed E-state index contributed by atoms with van der Waals surface area (Å²) in [5.74, 6) is 0.844. The van der Waals surface area contributed by atoms with Gasteiger partial charge in [0.05, 0.1) is 23.7 Å². The van der Waals surface area contributed by atoms with Crippen LogP contribution in [0.3, 0.4) is 0 Å². The van der Waals surface area contributed by atoms with E-state index in [-0.39, 0.29) is 0 Å². The third kappa shape index (κ3) is 2.13. The maximum absolute atomic E-state index is 5.46. The number of hydrogen-bond acceptors (Lipinski definition) is 4.